The molecule has 11 heteroatoms. The Morgan fingerprint density at radius 3 is 2.26 bits per heavy atom. The van der Waals surface area contributed by atoms with Crippen LogP contribution in [0.3, 0.4) is 0 Å². The van der Waals surface area contributed by atoms with Crippen LogP contribution in [0, 0.1) is 11.6 Å². The Morgan fingerprint density at radius 1 is 1.00 bits per heavy atom. The summed E-state index contributed by atoms with van der Waals surface area (Å²) in [5.41, 5.74) is 12.2. The lowest BCUT2D eigenvalue weighted by atomic mass is 10.1. The summed E-state index contributed by atoms with van der Waals surface area (Å²) >= 11 is 0. The molecule has 1 aromatic heterocycles. The zero-order valence-corrected chi connectivity index (χ0v) is 16.8. The van der Waals surface area contributed by atoms with Gasteiger partial charge in [-0.2, -0.15) is 0 Å². The molecule has 1 heterocycles. The van der Waals surface area contributed by atoms with E-state index in [9.17, 15) is 22.0 Å². The summed E-state index contributed by atoms with van der Waals surface area (Å²) in [7, 11) is -4.07. The number of nitrogens with zero attached hydrogens (tertiary/aromatic N) is 2. The first-order chi connectivity index (χ1) is 14.6. The highest BCUT2D eigenvalue weighted by atomic mass is 32.2. The molecule has 160 valence electrons. The lowest BCUT2D eigenvalue weighted by Gasteiger charge is -2.17. The Hall–Kier alpha value is -3.60. The second kappa shape index (κ2) is 7.27. The third-order valence-corrected chi connectivity index (χ3v) is 7.56. The largest absolute Gasteiger partial charge is 0.384 e. The second-order valence-electron chi connectivity index (χ2n) is 7.14. The molecule has 0 atom stereocenters. The van der Waals surface area contributed by atoms with Gasteiger partial charge in [-0.05, 0) is 55.3 Å². The number of halogens is 2. The first-order valence-electron chi connectivity index (χ1n) is 9.14. The summed E-state index contributed by atoms with van der Waals surface area (Å²) in [5, 5.41) is 2.42. The van der Waals surface area contributed by atoms with Crippen molar-refractivity contribution in [1.82, 2.24) is 9.97 Å². The van der Waals surface area contributed by atoms with E-state index in [1.807, 2.05) is 0 Å². The highest BCUT2D eigenvalue weighted by Gasteiger charge is 2.58. The molecule has 0 unspecified atom stereocenters. The minimum absolute atomic E-state index is 0.0612. The van der Waals surface area contributed by atoms with Crippen molar-refractivity contribution >= 4 is 27.4 Å². The van der Waals surface area contributed by atoms with Gasteiger partial charge in [0, 0.05) is 17.3 Å². The Balaban J connectivity index is 1.74. The topological polar surface area (TPSA) is 141 Å². The van der Waals surface area contributed by atoms with E-state index in [-0.39, 0.29) is 35.1 Å². The fourth-order valence-corrected chi connectivity index (χ4v) is 5.30. The number of rotatable bonds is 5. The predicted molar refractivity (Wildman–Crippen MR) is 110 cm³/mol. The van der Waals surface area contributed by atoms with Crippen LogP contribution >= 0.6 is 0 Å². The molecular formula is C20H17F2N5O3S. The van der Waals surface area contributed by atoms with Crippen molar-refractivity contribution in [2.75, 3.05) is 11.1 Å². The number of sulfone groups is 1. The number of hydrogen-bond donors (Lipinski definition) is 3. The maximum atomic E-state index is 13.7. The minimum atomic E-state index is -4.07. The normalized spacial score (nSPS) is 14.8. The molecular weight excluding hydrogens is 428 g/mol. The van der Waals surface area contributed by atoms with E-state index in [1.165, 1.54) is 6.07 Å². The van der Waals surface area contributed by atoms with Gasteiger partial charge in [0.15, 0.2) is 27.3 Å². The number of nitrogen functional groups attached to an aromatic ring is 1. The highest BCUT2D eigenvalue weighted by Crippen LogP contribution is 2.55. The SMILES string of the molecule is NC(=O)Nc1ccc(-c2nc(N)cc(C3(S(=O)(=O)c4ccc(F)c(F)c4)CC3)n2)cc1. The molecule has 31 heavy (non-hydrogen) atoms. The highest BCUT2D eigenvalue weighted by molar-refractivity contribution is 7.92. The number of nitrogens with two attached hydrogens (primary N) is 2. The number of carbonyl (C=O) groups is 1. The van der Waals surface area contributed by atoms with Crippen molar-refractivity contribution in [3.63, 3.8) is 0 Å². The van der Waals surface area contributed by atoms with Gasteiger partial charge in [-0.3, -0.25) is 0 Å². The van der Waals surface area contributed by atoms with Crippen molar-refractivity contribution in [2.45, 2.75) is 22.5 Å². The number of primary amides is 1. The average molecular weight is 445 g/mol. The van der Waals surface area contributed by atoms with E-state index in [1.54, 1.807) is 24.3 Å². The van der Waals surface area contributed by atoms with Gasteiger partial charge in [0.25, 0.3) is 0 Å². The summed E-state index contributed by atoms with van der Waals surface area (Å²) in [6.45, 7) is 0. The smallest absolute Gasteiger partial charge is 0.316 e. The monoisotopic (exact) mass is 445 g/mol. The van der Waals surface area contributed by atoms with Crippen LogP contribution in [0.2, 0.25) is 0 Å². The maximum absolute atomic E-state index is 13.7. The zero-order valence-electron chi connectivity index (χ0n) is 16.0. The van der Waals surface area contributed by atoms with Crippen LogP contribution in [0.1, 0.15) is 18.5 Å². The molecule has 8 nitrogen and oxygen atoms in total. The molecule has 0 aliphatic heterocycles. The number of hydrogen-bond acceptors (Lipinski definition) is 6. The molecule has 2 aromatic carbocycles. The Bertz CT molecular complexity index is 1290. The van der Waals surface area contributed by atoms with E-state index in [0.29, 0.717) is 17.3 Å². The molecule has 2 amide bonds. The average Bonchev–Trinajstić information content (AvgIpc) is 3.52. The third kappa shape index (κ3) is 3.67. The number of nitrogens with one attached hydrogen (secondary N) is 1. The predicted octanol–water partition coefficient (Wildman–Crippen LogP) is 2.96. The summed E-state index contributed by atoms with van der Waals surface area (Å²) in [4.78, 5) is 19.2. The van der Waals surface area contributed by atoms with Gasteiger partial charge in [0.1, 0.15) is 10.6 Å². The summed E-state index contributed by atoms with van der Waals surface area (Å²) < 4.78 is 52.0. The molecule has 0 saturated heterocycles. The van der Waals surface area contributed by atoms with Gasteiger partial charge in [0.05, 0.1) is 10.6 Å². The quantitative estimate of drug-likeness (QED) is 0.516. The van der Waals surface area contributed by atoms with Crippen molar-refractivity contribution in [2.24, 2.45) is 5.73 Å². The molecule has 4 rings (SSSR count). The van der Waals surface area contributed by atoms with Gasteiger partial charge < -0.3 is 16.8 Å². The number of carbonyl (C=O) groups excluding carboxylic acids is 1. The lowest BCUT2D eigenvalue weighted by molar-refractivity contribution is 0.259. The van der Waals surface area contributed by atoms with E-state index >= 15 is 0 Å². The van der Waals surface area contributed by atoms with Crippen LogP contribution in [0.5, 0.6) is 0 Å². The Labute approximate surface area is 176 Å². The number of urea groups is 1. The summed E-state index contributed by atoms with van der Waals surface area (Å²) in [6.07, 6.45) is 0.511. The van der Waals surface area contributed by atoms with Crippen LogP contribution < -0.4 is 16.8 Å². The standard InChI is InChI=1S/C20H17F2N5O3S/c21-14-6-5-13(9-15(14)22)31(29,30)20(7-8-20)16-10-17(23)27-18(26-16)11-1-3-12(4-2-11)25-19(24)28/h1-6,9-10H,7-8H2,(H2,23,26,27)(H3,24,25,28). The van der Waals surface area contributed by atoms with Gasteiger partial charge in [-0.1, -0.05) is 0 Å². The fourth-order valence-electron chi connectivity index (χ4n) is 3.32. The number of amides is 2. The molecule has 0 bridgehead atoms. The van der Waals surface area contributed by atoms with Gasteiger partial charge >= 0.3 is 6.03 Å². The third-order valence-electron chi connectivity index (χ3n) is 5.04. The molecule has 1 saturated carbocycles. The van der Waals surface area contributed by atoms with E-state index in [2.05, 4.69) is 15.3 Å². The van der Waals surface area contributed by atoms with Gasteiger partial charge in [0.2, 0.25) is 0 Å². The van der Waals surface area contributed by atoms with E-state index in [4.69, 9.17) is 11.5 Å². The second-order valence-corrected chi connectivity index (χ2v) is 9.40. The van der Waals surface area contributed by atoms with Crippen molar-refractivity contribution in [3.05, 3.63) is 65.9 Å². The van der Waals surface area contributed by atoms with Gasteiger partial charge in [-0.15, -0.1) is 0 Å². The van der Waals surface area contributed by atoms with Crippen LogP contribution in [0.15, 0.2) is 53.4 Å². The first-order valence-corrected chi connectivity index (χ1v) is 10.6. The molecule has 3 aromatic rings. The number of anilines is 2. The van der Waals surface area contributed by atoms with Crippen LogP contribution in [0.4, 0.5) is 25.1 Å². The van der Waals surface area contributed by atoms with Crippen LogP contribution in [-0.2, 0) is 14.6 Å². The molecule has 1 aliphatic carbocycles. The molecule has 1 aliphatic rings. The first kappa shape index (κ1) is 20.7. The Kier molecular flexibility index (Phi) is 4.85. The number of benzene rings is 2. The molecule has 5 N–H and O–H groups in total. The van der Waals surface area contributed by atoms with E-state index < -0.39 is 32.2 Å². The zero-order chi connectivity index (χ0) is 22.4. The molecule has 0 radical (unpaired) electrons. The number of aromatic nitrogens is 2. The molecule has 0 spiro atoms. The van der Waals surface area contributed by atoms with Crippen LogP contribution in [-0.4, -0.2) is 24.4 Å². The Morgan fingerprint density at radius 2 is 1.68 bits per heavy atom. The van der Waals surface area contributed by atoms with Crippen molar-refractivity contribution in [3.8, 4) is 11.4 Å². The summed E-state index contributed by atoms with van der Waals surface area (Å²) in [5.74, 6) is -2.13. The fraction of sp³-hybridized carbons (Fsp3) is 0.150. The molecule has 1 fully saturated rings. The maximum Gasteiger partial charge on any atom is 0.316 e. The van der Waals surface area contributed by atoms with Crippen molar-refractivity contribution < 1.29 is 22.0 Å². The van der Waals surface area contributed by atoms with Crippen molar-refractivity contribution in [1.29, 1.82) is 0 Å². The lowest BCUT2D eigenvalue weighted by Crippen LogP contribution is -2.23. The minimum Gasteiger partial charge on any atom is -0.384 e. The summed E-state index contributed by atoms with van der Waals surface area (Å²) in [6, 6.07) is 9.53. The van der Waals surface area contributed by atoms with E-state index in [0.717, 1.165) is 12.1 Å². The van der Waals surface area contributed by atoms with Crippen LogP contribution in [0.25, 0.3) is 11.4 Å². The van der Waals surface area contributed by atoms with Gasteiger partial charge in [-0.25, -0.2) is 32.0 Å².